The molecule has 1 aromatic carbocycles. The van der Waals surface area contributed by atoms with Crippen LogP contribution in [-0.4, -0.2) is 39.2 Å². The van der Waals surface area contributed by atoms with Crippen molar-refractivity contribution >= 4 is 17.6 Å². The zero-order valence-electron chi connectivity index (χ0n) is 16.0. The van der Waals surface area contributed by atoms with Crippen molar-refractivity contribution in [3.05, 3.63) is 57.9 Å². The van der Waals surface area contributed by atoms with Gasteiger partial charge >= 0.3 is 6.03 Å². The van der Waals surface area contributed by atoms with Gasteiger partial charge in [-0.25, -0.2) is 19.2 Å². The highest BCUT2D eigenvalue weighted by molar-refractivity contribution is 6.30. The Morgan fingerprint density at radius 2 is 2.21 bits per heavy atom. The summed E-state index contributed by atoms with van der Waals surface area (Å²) in [4.78, 5) is 23.4. The number of urea groups is 1. The lowest BCUT2D eigenvalue weighted by molar-refractivity contribution is 0.176. The van der Waals surface area contributed by atoms with Crippen molar-refractivity contribution in [3.63, 3.8) is 0 Å². The Morgan fingerprint density at radius 3 is 2.89 bits per heavy atom. The van der Waals surface area contributed by atoms with Gasteiger partial charge in [0.2, 0.25) is 0 Å². The number of hydrogen-bond acceptors (Lipinski definition) is 4. The van der Waals surface area contributed by atoms with Gasteiger partial charge in [-0.3, -0.25) is 0 Å². The highest BCUT2D eigenvalue weighted by atomic mass is 35.5. The van der Waals surface area contributed by atoms with E-state index in [1.165, 1.54) is 18.2 Å². The maximum atomic E-state index is 13.4. The van der Waals surface area contributed by atoms with Crippen LogP contribution in [-0.2, 0) is 19.4 Å². The lowest BCUT2D eigenvalue weighted by atomic mass is 10.1. The van der Waals surface area contributed by atoms with E-state index in [9.17, 15) is 14.3 Å². The molecule has 0 saturated carbocycles. The molecule has 0 spiro atoms. The smallest absolute Gasteiger partial charge is 0.318 e. The van der Waals surface area contributed by atoms with Gasteiger partial charge in [-0.05, 0) is 35.6 Å². The van der Waals surface area contributed by atoms with Crippen LogP contribution in [0.4, 0.5) is 9.18 Å². The monoisotopic (exact) mass is 406 g/mol. The van der Waals surface area contributed by atoms with Gasteiger partial charge in [-0.1, -0.05) is 31.5 Å². The number of nitrogens with one attached hydrogen (secondary N) is 1. The van der Waals surface area contributed by atoms with Crippen LogP contribution in [0.1, 0.15) is 42.5 Å². The third kappa shape index (κ3) is 4.77. The van der Waals surface area contributed by atoms with Crippen molar-refractivity contribution < 1.29 is 14.3 Å². The fraction of sp³-hybridized carbons (Fsp3) is 0.450. The van der Waals surface area contributed by atoms with Crippen LogP contribution in [0.2, 0.25) is 5.02 Å². The average molecular weight is 407 g/mol. The molecule has 2 N–H and O–H groups in total. The quantitative estimate of drug-likeness (QED) is 0.798. The second-order valence-corrected chi connectivity index (χ2v) is 7.79. The molecule has 1 aliphatic heterocycles. The summed E-state index contributed by atoms with van der Waals surface area (Å²) >= 11 is 5.81. The van der Waals surface area contributed by atoms with Gasteiger partial charge < -0.3 is 15.3 Å². The van der Waals surface area contributed by atoms with Crippen molar-refractivity contribution in [2.24, 2.45) is 5.92 Å². The summed E-state index contributed by atoms with van der Waals surface area (Å²) in [5.74, 6) is 0.692. The van der Waals surface area contributed by atoms with E-state index in [1.807, 2.05) is 6.20 Å². The van der Waals surface area contributed by atoms with E-state index in [4.69, 9.17) is 11.6 Å². The first kappa shape index (κ1) is 20.5. The molecule has 1 atom stereocenters. The van der Waals surface area contributed by atoms with Crippen LogP contribution in [0.15, 0.2) is 24.4 Å². The molecule has 3 rings (SSSR count). The van der Waals surface area contributed by atoms with E-state index in [0.29, 0.717) is 31.0 Å². The Bertz CT molecular complexity index is 862. The van der Waals surface area contributed by atoms with E-state index in [1.54, 1.807) is 4.90 Å². The van der Waals surface area contributed by atoms with E-state index < -0.39 is 11.9 Å². The van der Waals surface area contributed by atoms with Crippen molar-refractivity contribution in [1.82, 2.24) is 20.2 Å². The number of benzene rings is 1. The van der Waals surface area contributed by atoms with E-state index in [0.717, 1.165) is 23.5 Å². The summed E-state index contributed by atoms with van der Waals surface area (Å²) in [7, 11) is 0. The number of amides is 2. The predicted molar refractivity (Wildman–Crippen MR) is 104 cm³/mol. The number of hydrogen-bond donors (Lipinski definition) is 2. The summed E-state index contributed by atoms with van der Waals surface area (Å²) in [5.41, 5.74) is 2.46. The zero-order valence-corrected chi connectivity index (χ0v) is 16.7. The zero-order chi connectivity index (χ0) is 20.3. The van der Waals surface area contributed by atoms with E-state index in [-0.39, 0.29) is 17.7 Å². The van der Waals surface area contributed by atoms with Gasteiger partial charge in [0.1, 0.15) is 11.6 Å². The lowest BCUT2D eigenvalue weighted by Gasteiger charge is -2.30. The largest absolute Gasteiger partial charge is 0.394 e. The van der Waals surface area contributed by atoms with Crippen LogP contribution in [0, 0.1) is 11.7 Å². The van der Waals surface area contributed by atoms with Gasteiger partial charge in [0, 0.05) is 19.2 Å². The summed E-state index contributed by atoms with van der Waals surface area (Å²) in [6.07, 6.45) is 3.32. The number of carbonyl (C=O) groups is 1. The Labute approximate surface area is 168 Å². The van der Waals surface area contributed by atoms with Crippen LogP contribution in [0.5, 0.6) is 0 Å². The van der Waals surface area contributed by atoms with Crippen molar-refractivity contribution in [2.75, 3.05) is 13.2 Å². The average Bonchev–Trinajstić information content (AvgIpc) is 2.67. The third-order valence-electron chi connectivity index (χ3n) is 4.70. The molecule has 2 heterocycles. The molecule has 2 aromatic rings. The topological polar surface area (TPSA) is 78.4 Å². The standard InChI is InChI=1S/C20H24ClFN4O2/c1-12(2)7-19-23-9-14-5-6-26(10-17(14)24-19)20(28)25-18(11-27)13-3-4-16(22)15(21)8-13/h3-4,8-9,12,18,27H,5-7,10-11H2,1-2H3,(H,25,28)/t18-/m1/s1. The maximum absolute atomic E-state index is 13.4. The molecular weight excluding hydrogens is 383 g/mol. The van der Waals surface area contributed by atoms with Crippen molar-refractivity contribution in [1.29, 1.82) is 0 Å². The normalized spacial score (nSPS) is 14.7. The van der Waals surface area contributed by atoms with Crippen LogP contribution in [0.25, 0.3) is 0 Å². The molecule has 0 saturated heterocycles. The number of carbonyl (C=O) groups excluding carboxylic acids is 1. The fourth-order valence-electron chi connectivity index (χ4n) is 3.19. The first-order chi connectivity index (χ1) is 13.4. The second-order valence-electron chi connectivity index (χ2n) is 7.39. The minimum Gasteiger partial charge on any atom is -0.394 e. The maximum Gasteiger partial charge on any atom is 0.318 e. The molecule has 8 heteroatoms. The van der Waals surface area contributed by atoms with Gasteiger partial charge in [0.25, 0.3) is 0 Å². The summed E-state index contributed by atoms with van der Waals surface area (Å²) < 4.78 is 13.4. The number of aliphatic hydroxyl groups is 1. The molecular formula is C20H24ClFN4O2. The van der Waals surface area contributed by atoms with Gasteiger partial charge in [0.15, 0.2) is 0 Å². The summed E-state index contributed by atoms with van der Waals surface area (Å²) in [6, 6.07) is 3.15. The van der Waals surface area contributed by atoms with Crippen molar-refractivity contribution in [2.45, 2.75) is 39.3 Å². The Hall–Kier alpha value is -2.25. The molecule has 0 bridgehead atoms. The summed E-state index contributed by atoms with van der Waals surface area (Å²) in [5, 5.41) is 12.4. The molecule has 2 amide bonds. The molecule has 0 aliphatic carbocycles. The molecule has 150 valence electrons. The number of halogens is 2. The van der Waals surface area contributed by atoms with Gasteiger partial charge in [0.05, 0.1) is 29.9 Å². The van der Waals surface area contributed by atoms with Crippen LogP contribution in [0.3, 0.4) is 0 Å². The number of nitrogens with zero attached hydrogens (tertiary/aromatic N) is 3. The second kappa shape index (κ2) is 8.84. The molecule has 0 unspecified atom stereocenters. The Balaban J connectivity index is 1.70. The van der Waals surface area contributed by atoms with Gasteiger partial charge in [-0.15, -0.1) is 0 Å². The third-order valence-corrected chi connectivity index (χ3v) is 4.99. The first-order valence-corrected chi connectivity index (χ1v) is 9.70. The minimum atomic E-state index is -0.672. The molecule has 1 aliphatic rings. The van der Waals surface area contributed by atoms with Crippen LogP contribution >= 0.6 is 11.6 Å². The number of aliphatic hydroxyl groups excluding tert-OH is 1. The Morgan fingerprint density at radius 1 is 1.43 bits per heavy atom. The lowest BCUT2D eigenvalue weighted by Crippen LogP contribution is -2.45. The van der Waals surface area contributed by atoms with Crippen LogP contribution < -0.4 is 5.32 Å². The fourth-order valence-corrected chi connectivity index (χ4v) is 3.37. The van der Waals surface area contributed by atoms with Gasteiger partial charge in [-0.2, -0.15) is 0 Å². The molecule has 28 heavy (non-hydrogen) atoms. The van der Waals surface area contributed by atoms with Crippen molar-refractivity contribution in [3.8, 4) is 0 Å². The molecule has 6 nitrogen and oxygen atoms in total. The number of fused-ring (bicyclic) bond motifs is 1. The summed E-state index contributed by atoms with van der Waals surface area (Å²) in [6.45, 7) is 4.82. The van der Waals surface area contributed by atoms with E-state index in [2.05, 4.69) is 29.1 Å². The predicted octanol–water partition coefficient (Wildman–Crippen LogP) is 3.27. The first-order valence-electron chi connectivity index (χ1n) is 9.32. The molecule has 0 radical (unpaired) electrons. The molecule has 0 fully saturated rings. The highest BCUT2D eigenvalue weighted by Gasteiger charge is 2.25. The Kier molecular flexibility index (Phi) is 6.46. The minimum absolute atomic E-state index is 0.0496. The van der Waals surface area contributed by atoms with E-state index >= 15 is 0 Å². The SMILES string of the molecule is CC(C)Cc1ncc2c(n1)CN(C(=O)N[C@H](CO)c1ccc(F)c(Cl)c1)CC2. The number of aromatic nitrogens is 2. The molecule has 1 aromatic heterocycles. The highest BCUT2D eigenvalue weighted by Crippen LogP contribution is 2.22. The number of rotatable bonds is 5.